The molecule has 2 N–H and O–H groups in total. The van der Waals surface area contributed by atoms with Gasteiger partial charge in [0.2, 0.25) is 5.91 Å². The third kappa shape index (κ3) is 4.81. The standard InChI is InChI=1S/C22H23F4N3O2/c1-11(2)8-19(21(30)27-12(3)14-5-4-13(23)9-17(14)25)29-10-15-18(28-22(29)31)7-6-16(24)20(15)26/h4-7,9,11-12,19H,8,10H2,1-3H3,(H,27,30)(H,28,31)/t12-,19-/m0/s1. The van der Waals surface area contributed by atoms with E-state index >= 15 is 0 Å². The number of nitrogens with one attached hydrogen (secondary N) is 2. The molecule has 1 heterocycles. The highest BCUT2D eigenvalue weighted by Crippen LogP contribution is 2.30. The zero-order chi connectivity index (χ0) is 22.9. The Bertz CT molecular complexity index is 1010. The molecular formula is C22H23F4N3O2. The summed E-state index contributed by atoms with van der Waals surface area (Å²) >= 11 is 0. The summed E-state index contributed by atoms with van der Waals surface area (Å²) in [6.07, 6.45) is 0.240. The fraction of sp³-hybridized carbons (Fsp3) is 0.364. The van der Waals surface area contributed by atoms with Crippen LogP contribution in [-0.2, 0) is 11.3 Å². The van der Waals surface area contributed by atoms with Crippen LogP contribution in [0.1, 0.15) is 44.4 Å². The Morgan fingerprint density at radius 3 is 2.45 bits per heavy atom. The molecule has 0 unspecified atom stereocenters. The number of halogens is 4. The van der Waals surface area contributed by atoms with E-state index in [1.54, 1.807) is 0 Å². The number of carbonyl (C=O) groups excluding carboxylic acids is 2. The molecule has 1 aliphatic rings. The molecule has 0 radical (unpaired) electrons. The van der Waals surface area contributed by atoms with Gasteiger partial charge in [0, 0.05) is 17.2 Å². The smallest absolute Gasteiger partial charge is 0.322 e. The zero-order valence-corrected chi connectivity index (χ0v) is 17.3. The number of nitrogens with zero attached hydrogens (tertiary/aromatic N) is 1. The van der Waals surface area contributed by atoms with Crippen LogP contribution in [0.5, 0.6) is 0 Å². The maximum atomic E-state index is 14.3. The van der Waals surface area contributed by atoms with Crippen LogP contribution in [0, 0.1) is 29.2 Å². The Hall–Kier alpha value is -3.10. The van der Waals surface area contributed by atoms with Crippen molar-refractivity contribution in [3.8, 4) is 0 Å². The van der Waals surface area contributed by atoms with Crippen molar-refractivity contribution in [2.24, 2.45) is 5.92 Å². The number of fused-ring (bicyclic) bond motifs is 1. The number of benzene rings is 2. The van der Waals surface area contributed by atoms with Gasteiger partial charge in [-0.15, -0.1) is 0 Å². The summed E-state index contributed by atoms with van der Waals surface area (Å²) in [6.45, 7) is 4.93. The third-order valence-electron chi connectivity index (χ3n) is 5.19. The minimum Gasteiger partial charge on any atom is -0.348 e. The van der Waals surface area contributed by atoms with Crippen LogP contribution >= 0.6 is 0 Å². The number of hydrogen-bond donors (Lipinski definition) is 2. The zero-order valence-electron chi connectivity index (χ0n) is 17.3. The Morgan fingerprint density at radius 1 is 1.10 bits per heavy atom. The number of amides is 3. The Balaban J connectivity index is 1.86. The molecule has 0 saturated heterocycles. The molecule has 5 nitrogen and oxygen atoms in total. The second kappa shape index (κ2) is 8.95. The van der Waals surface area contributed by atoms with Crippen molar-refractivity contribution in [1.29, 1.82) is 0 Å². The van der Waals surface area contributed by atoms with E-state index < -0.39 is 47.3 Å². The van der Waals surface area contributed by atoms with E-state index in [2.05, 4.69) is 10.6 Å². The van der Waals surface area contributed by atoms with Gasteiger partial charge >= 0.3 is 6.03 Å². The Morgan fingerprint density at radius 2 is 1.81 bits per heavy atom. The summed E-state index contributed by atoms with van der Waals surface area (Å²) in [5, 5.41) is 5.12. The molecule has 3 rings (SSSR count). The quantitative estimate of drug-likeness (QED) is 0.633. The van der Waals surface area contributed by atoms with Crippen molar-refractivity contribution in [2.45, 2.75) is 45.8 Å². The van der Waals surface area contributed by atoms with Crippen LogP contribution in [0.15, 0.2) is 30.3 Å². The largest absolute Gasteiger partial charge is 0.348 e. The van der Waals surface area contributed by atoms with Gasteiger partial charge < -0.3 is 15.5 Å². The van der Waals surface area contributed by atoms with Crippen molar-refractivity contribution in [3.05, 3.63) is 64.7 Å². The van der Waals surface area contributed by atoms with Crippen molar-refractivity contribution in [1.82, 2.24) is 10.2 Å². The number of rotatable bonds is 6. The normalized spacial score (nSPS) is 15.4. The van der Waals surface area contributed by atoms with E-state index in [-0.39, 0.29) is 35.7 Å². The van der Waals surface area contributed by atoms with Gasteiger partial charge in [-0.3, -0.25) is 4.79 Å². The SMILES string of the molecule is CC(C)C[C@@H](C(=O)N[C@@H](C)c1ccc(F)cc1F)N1Cc2c(ccc(F)c2F)NC1=O. The topological polar surface area (TPSA) is 61.4 Å². The van der Waals surface area contributed by atoms with Crippen LogP contribution in [-0.4, -0.2) is 22.9 Å². The number of anilines is 1. The average molecular weight is 437 g/mol. The van der Waals surface area contributed by atoms with Crippen molar-refractivity contribution < 1.29 is 27.2 Å². The summed E-state index contributed by atoms with van der Waals surface area (Å²) in [7, 11) is 0. The molecule has 0 bridgehead atoms. The van der Waals surface area contributed by atoms with Gasteiger partial charge in [-0.25, -0.2) is 22.4 Å². The average Bonchev–Trinajstić information content (AvgIpc) is 2.68. The van der Waals surface area contributed by atoms with Gasteiger partial charge in [-0.05, 0) is 37.5 Å². The summed E-state index contributed by atoms with van der Waals surface area (Å²) < 4.78 is 55.2. The summed E-state index contributed by atoms with van der Waals surface area (Å²) in [6, 6.07) is 2.77. The predicted octanol–water partition coefficient (Wildman–Crippen LogP) is 4.88. The molecule has 166 valence electrons. The minimum atomic E-state index is -1.09. The van der Waals surface area contributed by atoms with Crippen LogP contribution in [0.4, 0.5) is 28.0 Å². The molecule has 31 heavy (non-hydrogen) atoms. The van der Waals surface area contributed by atoms with Gasteiger partial charge in [-0.1, -0.05) is 19.9 Å². The molecule has 0 spiro atoms. The highest BCUT2D eigenvalue weighted by atomic mass is 19.2. The number of hydrogen-bond acceptors (Lipinski definition) is 2. The van der Waals surface area contributed by atoms with E-state index in [1.165, 1.54) is 19.1 Å². The molecule has 1 aliphatic heterocycles. The summed E-state index contributed by atoms with van der Waals surface area (Å²) in [5.74, 6) is -4.29. The maximum absolute atomic E-state index is 14.3. The number of urea groups is 1. The van der Waals surface area contributed by atoms with Crippen LogP contribution < -0.4 is 10.6 Å². The molecule has 9 heteroatoms. The van der Waals surface area contributed by atoms with Crippen molar-refractivity contribution in [3.63, 3.8) is 0 Å². The molecule has 0 aromatic heterocycles. The van der Waals surface area contributed by atoms with Gasteiger partial charge in [0.25, 0.3) is 0 Å². The van der Waals surface area contributed by atoms with Crippen LogP contribution in [0.3, 0.4) is 0 Å². The van der Waals surface area contributed by atoms with E-state index in [1.807, 2.05) is 13.8 Å². The lowest BCUT2D eigenvalue weighted by Crippen LogP contribution is -2.53. The van der Waals surface area contributed by atoms with Gasteiger partial charge in [0.1, 0.15) is 17.7 Å². The Labute approximate surface area is 177 Å². The predicted molar refractivity (Wildman–Crippen MR) is 107 cm³/mol. The van der Waals surface area contributed by atoms with E-state index in [0.29, 0.717) is 0 Å². The first-order chi connectivity index (χ1) is 14.6. The fourth-order valence-corrected chi connectivity index (χ4v) is 3.61. The highest BCUT2D eigenvalue weighted by Gasteiger charge is 2.36. The molecule has 2 aromatic carbocycles. The molecule has 3 amide bonds. The van der Waals surface area contributed by atoms with Crippen molar-refractivity contribution >= 4 is 17.6 Å². The number of carbonyl (C=O) groups is 2. The lowest BCUT2D eigenvalue weighted by Gasteiger charge is -2.36. The first kappa shape index (κ1) is 22.6. The van der Waals surface area contributed by atoms with Crippen LogP contribution in [0.2, 0.25) is 0 Å². The third-order valence-corrected chi connectivity index (χ3v) is 5.19. The molecule has 0 fully saturated rings. The summed E-state index contributed by atoms with van der Waals surface area (Å²) in [5.41, 5.74) is 0.170. The maximum Gasteiger partial charge on any atom is 0.322 e. The lowest BCUT2D eigenvalue weighted by molar-refractivity contribution is -0.126. The molecule has 0 aliphatic carbocycles. The van der Waals surface area contributed by atoms with E-state index in [4.69, 9.17) is 0 Å². The lowest BCUT2D eigenvalue weighted by atomic mass is 9.98. The van der Waals surface area contributed by atoms with Crippen LogP contribution in [0.25, 0.3) is 0 Å². The first-order valence-electron chi connectivity index (χ1n) is 9.88. The van der Waals surface area contributed by atoms with Gasteiger partial charge in [0.05, 0.1) is 18.3 Å². The fourth-order valence-electron chi connectivity index (χ4n) is 3.61. The second-order valence-corrected chi connectivity index (χ2v) is 7.99. The van der Waals surface area contributed by atoms with E-state index in [0.717, 1.165) is 23.1 Å². The highest BCUT2D eigenvalue weighted by molar-refractivity contribution is 5.96. The Kier molecular flexibility index (Phi) is 6.52. The molecule has 2 aromatic rings. The molecule has 2 atom stereocenters. The van der Waals surface area contributed by atoms with E-state index in [9.17, 15) is 27.2 Å². The molecule has 0 saturated carbocycles. The van der Waals surface area contributed by atoms with Crippen molar-refractivity contribution in [2.75, 3.05) is 5.32 Å². The van der Waals surface area contributed by atoms with Gasteiger partial charge in [0.15, 0.2) is 11.6 Å². The minimum absolute atomic E-state index is 0.0137. The molecular weight excluding hydrogens is 414 g/mol. The second-order valence-electron chi connectivity index (χ2n) is 7.99. The summed E-state index contributed by atoms with van der Waals surface area (Å²) in [4.78, 5) is 26.8. The van der Waals surface area contributed by atoms with Gasteiger partial charge in [-0.2, -0.15) is 0 Å². The monoisotopic (exact) mass is 437 g/mol. The first-order valence-corrected chi connectivity index (χ1v) is 9.88.